The third kappa shape index (κ3) is 5.75. The number of nitriles is 1. The lowest BCUT2D eigenvalue weighted by Crippen LogP contribution is -2.00. The fourth-order valence-electron chi connectivity index (χ4n) is 7.93. The summed E-state index contributed by atoms with van der Waals surface area (Å²) in [4.78, 5) is 14.8. The Morgan fingerprint density at radius 1 is 0.321 bits per heavy atom. The van der Waals surface area contributed by atoms with Gasteiger partial charge in [0.05, 0.1) is 11.6 Å². The molecule has 4 heteroatoms. The van der Waals surface area contributed by atoms with Crippen molar-refractivity contribution in [3.8, 4) is 95.9 Å². The maximum atomic E-state index is 9.47. The van der Waals surface area contributed by atoms with Gasteiger partial charge in [-0.2, -0.15) is 5.26 Å². The Hall–Kier alpha value is -7.48. The van der Waals surface area contributed by atoms with Crippen molar-refractivity contribution < 1.29 is 0 Å². The molecule has 0 radical (unpaired) electrons. The summed E-state index contributed by atoms with van der Waals surface area (Å²) in [5.74, 6) is 1.94. The molecule has 0 spiro atoms. The first kappa shape index (κ1) is 33.1. The SMILES string of the molecule is Cc1ccc(-c2nc(-c3ccc(C)cc3)nc(-c3ccc(-c4ccc(-c5ccc6c7c(ccc(-c8ccc(C#N)cc8)c57)-c5ccccc5-6)cc4)cc3)n2)cc1. The molecule has 0 amide bonds. The van der Waals surface area contributed by atoms with E-state index in [2.05, 4.69) is 178 Å². The first-order valence-corrected chi connectivity index (χ1v) is 18.8. The van der Waals surface area contributed by atoms with E-state index in [1.807, 2.05) is 12.1 Å². The predicted molar refractivity (Wildman–Crippen MR) is 229 cm³/mol. The Bertz CT molecular complexity index is 2900. The Morgan fingerprint density at radius 2 is 0.643 bits per heavy atom. The van der Waals surface area contributed by atoms with Crippen LogP contribution in [-0.2, 0) is 0 Å². The van der Waals surface area contributed by atoms with E-state index in [4.69, 9.17) is 15.0 Å². The molecule has 56 heavy (non-hydrogen) atoms. The smallest absolute Gasteiger partial charge is 0.164 e. The van der Waals surface area contributed by atoms with Gasteiger partial charge in [-0.05, 0) is 92.4 Å². The normalized spacial score (nSPS) is 11.4. The summed E-state index contributed by atoms with van der Waals surface area (Å²) >= 11 is 0. The molecule has 4 nitrogen and oxygen atoms in total. The largest absolute Gasteiger partial charge is 0.208 e. The molecular weight excluding hydrogens is 681 g/mol. The zero-order valence-electron chi connectivity index (χ0n) is 31.0. The van der Waals surface area contributed by atoms with E-state index >= 15 is 0 Å². The van der Waals surface area contributed by atoms with Crippen molar-refractivity contribution in [3.05, 3.63) is 187 Å². The average molecular weight is 715 g/mol. The van der Waals surface area contributed by atoms with Crippen LogP contribution in [0.25, 0.3) is 101 Å². The van der Waals surface area contributed by atoms with E-state index < -0.39 is 0 Å². The molecule has 262 valence electrons. The van der Waals surface area contributed by atoms with Gasteiger partial charge in [-0.15, -0.1) is 0 Å². The van der Waals surface area contributed by atoms with Crippen molar-refractivity contribution >= 4 is 10.8 Å². The molecule has 0 bridgehead atoms. The van der Waals surface area contributed by atoms with Crippen LogP contribution in [0.2, 0.25) is 0 Å². The van der Waals surface area contributed by atoms with Gasteiger partial charge in [0.15, 0.2) is 17.5 Å². The second kappa shape index (κ2) is 13.4. The maximum Gasteiger partial charge on any atom is 0.164 e. The minimum absolute atomic E-state index is 0.639. The van der Waals surface area contributed by atoms with E-state index in [0.717, 1.165) is 44.5 Å². The standard InChI is InChI=1S/C52H34N4/c1-32-7-13-39(14-8-32)50-54-51(40-15-9-33(2)10-16-40)56-52(55-50)41-25-21-36(22-26-41)35-19-23-38(24-20-35)43-28-30-47-45-6-4-3-5-44(45)46-29-27-42(48(43)49(46)47)37-17-11-34(31-53)12-18-37/h3-30H,1-2H3. The number of rotatable bonds is 6. The zero-order valence-corrected chi connectivity index (χ0v) is 31.0. The molecule has 1 heterocycles. The van der Waals surface area contributed by atoms with Crippen molar-refractivity contribution in [1.29, 1.82) is 5.26 Å². The lowest BCUT2D eigenvalue weighted by Gasteiger charge is -2.15. The van der Waals surface area contributed by atoms with Gasteiger partial charge in [-0.25, -0.2) is 15.0 Å². The Morgan fingerprint density at radius 3 is 1.05 bits per heavy atom. The van der Waals surface area contributed by atoms with Crippen LogP contribution in [-0.4, -0.2) is 15.0 Å². The van der Waals surface area contributed by atoms with Crippen LogP contribution < -0.4 is 0 Å². The summed E-state index contributed by atoms with van der Waals surface area (Å²) in [6.07, 6.45) is 0. The number of benzene rings is 8. The predicted octanol–water partition coefficient (Wildman–Crippen LogP) is 13.2. The summed E-state index contributed by atoms with van der Waals surface area (Å²) in [5.41, 5.74) is 17.8. The number of hydrogen-bond donors (Lipinski definition) is 0. The first-order chi connectivity index (χ1) is 27.5. The molecule has 0 saturated carbocycles. The minimum Gasteiger partial charge on any atom is -0.208 e. The van der Waals surface area contributed by atoms with Crippen molar-refractivity contribution in [1.82, 2.24) is 15.0 Å². The lowest BCUT2D eigenvalue weighted by atomic mass is 9.88. The van der Waals surface area contributed by atoms with E-state index in [0.29, 0.717) is 23.0 Å². The Labute approximate surface area is 326 Å². The fourth-order valence-corrected chi connectivity index (χ4v) is 7.93. The molecule has 0 fully saturated rings. The summed E-state index contributed by atoms with van der Waals surface area (Å²) in [6.45, 7) is 4.16. The number of hydrogen-bond acceptors (Lipinski definition) is 4. The third-order valence-electron chi connectivity index (χ3n) is 10.9. The van der Waals surface area contributed by atoms with Crippen molar-refractivity contribution in [2.24, 2.45) is 0 Å². The highest BCUT2D eigenvalue weighted by Crippen LogP contribution is 2.52. The van der Waals surface area contributed by atoms with Gasteiger partial charge in [0.2, 0.25) is 0 Å². The van der Waals surface area contributed by atoms with Crippen LogP contribution in [0.15, 0.2) is 170 Å². The zero-order chi connectivity index (χ0) is 37.8. The van der Waals surface area contributed by atoms with Gasteiger partial charge < -0.3 is 0 Å². The fraction of sp³-hybridized carbons (Fsp3) is 0.0385. The second-order valence-corrected chi connectivity index (χ2v) is 14.5. The molecule has 0 atom stereocenters. The number of aryl methyl sites for hydroxylation is 2. The van der Waals surface area contributed by atoms with Gasteiger partial charge in [-0.3, -0.25) is 0 Å². The topological polar surface area (TPSA) is 62.5 Å². The molecule has 9 aromatic rings. The van der Waals surface area contributed by atoms with Gasteiger partial charge in [0.25, 0.3) is 0 Å². The van der Waals surface area contributed by atoms with Crippen LogP contribution >= 0.6 is 0 Å². The minimum atomic E-state index is 0.639. The highest BCUT2D eigenvalue weighted by Gasteiger charge is 2.25. The van der Waals surface area contributed by atoms with Crippen LogP contribution in [0, 0.1) is 25.2 Å². The van der Waals surface area contributed by atoms with Crippen LogP contribution in [0.1, 0.15) is 16.7 Å². The van der Waals surface area contributed by atoms with Crippen molar-refractivity contribution in [3.63, 3.8) is 0 Å². The highest BCUT2D eigenvalue weighted by molar-refractivity contribution is 6.22. The summed E-state index contributed by atoms with van der Waals surface area (Å²) in [5, 5.41) is 12.0. The molecular formula is C52H34N4. The van der Waals surface area contributed by atoms with E-state index in [1.54, 1.807) is 0 Å². The van der Waals surface area contributed by atoms with Crippen LogP contribution in [0.3, 0.4) is 0 Å². The lowest BCUT2D eigenvalue weighted by molar-refractivity contribution is 1.07. The Balaban J connectivity index is 1.02. The quantitative estimate of drug-likeness (QED) is 0.172. The molecule has 1 aromatic heterocycles. The molecule has 8 aromatic carbocycles. The monoisotopic (exact) mass is 714 g/mol. The van der Waals surface area contributed by atoms with Gasteiger partial charge in [-0.1, -0.05) is 169 Å². The van der Waals surface area contributed by atoms with Crippen molar-refractivity contribution in [2.75, 3.05) is 0 Å². The van der Waals surface area contributed by atoms with E-state index in [9.17, 15) is 5.26 Å². The van der Waals surface area contributed by atoms with Crippen molar-refractivity contribution in [2.45, 2.75) is 13.8 Å². The average Bonchev–Trinajstić information content (AvgIpc) is 3.59. The maximum absolute atomic E-state index is 9.47. The molecule has 1 aliphatic rings. The molecule has 0 saturated heterocycles. The van der Waals surface area contributed by atoms with Gasteiger partial charge in [0.1, 0.15) is 0 Å². The molecule has 10 rings (SSSR count). The molecule has 0 aliphatic heterocycles. The highest BCUT2D eigenvalue weighted by atomic mass is 15.0. The van der Waals surface area contributed by atoms with Crippen LogP contribution in [0.5, 0.6) is 0 Å². The van der Waals surface area contributed by atoms with E-state index in [1.165, 1.54) is 49.7 Å². The van der Waals surface area contributed by atoms with E-state index in [-0.39, 0.29) is 0 Å². The molecule has 0 unspecified atom stereocenters. The molecule has 1 aliphatic carbocycles. The van der Waals surface area contributed by atoms with Crippen LogP contribution in [0.4, 0.5) is 0 Å². The molecule has 0 N–H and O–H groups in total. The first-order valence-electron chi connectivity index (χ1n) is 18.8. The second-order valence-electron chi connectivity index (χ2n) is 14.5. The number of aromatic nitrogens is 3. The number of nitrogens with zero attached hydrogens (tertiary/aromatic N) is 4. The summed E-state index contributed by atoms with van der Waals surface area (Å²) in [7, 11) is 0. The third-order valence-corrected chi connectivity index (χ3v) is 10.9. The Kier molecular flexibility index (Phi) is 7.94. The van der Waals surface area contributed by atoms with Gasteiger partial charge >= 0.3 is 0 Å². The summed E-state index contributed by atoms with van der Waals surface area (Å²) in [6, 6.07) is 61.9. The number of fused-ring (bicyclic) bond motifs is 3. The van der Waals surface area contributed by atoms with Gasteiger partial charge in [0, 0.05) is 16.7 Å². The summed E-state index contributed by atoms with van der Waals surface area (Å²) < 4.78 is 0.